The minimum Gasteiger partial charge on any atom is -0.481 e. The van der Waals surface area contributed by atoms with E-state index in [1.165, 1.54) is 0 Å². The van der Waals surface area contributed by atoms with Gasteiger partial charge < -0.3 is 19.6 Å². The summed E-state index contributed by atoms with van der Waals surface area (Å²) in [5.41, 5.74) is 2.63. The number of likely N-dealkylation sites (tertiary alicyclic amines) is 1. The van der Waals surface area contributed by atoms with Crippen LogP contribution in [-0.2, 0) is 9.53 Å². The summed E-state index contributed by atoms with van der Waals surface area (Å²) < 4.78 is 5.38. The molecule has 2 aliphatic rings. The molecule has 0 unspecified atom stereocenters. The number of morpholine rings is 1. The molecule has 28 heavy (non-hydrogen) atoms. The lowest BCUT2D eigenvalue weighted by Gasteiger charge is -2.29. The van der Waals surface area contributed by atoms with E-state index in [2.05, 4.69) is 4.90 Å². The molecule has 0 aromatic heterocycles. The maximum atomic E-state index is 13.0. The van der Waals surface area contributed by atoms with Crippen LogP contribution >= 0.6 is 0 Å². The van der Waals surface area contributed by atoms with Crippen LogP contribution in [0.4, 0.5) is 5.69 Å². The second kappa shape index (κ2) is 8.02. The molecule has 2 aromatic carbocycles. The molecule has 6 nitrogen and oxygen atoms in total. The van der Waals surface area contributed by atoms with Crippen molar-refractivity contribution >= 4 is 17.6 Å². The third-order valence-corrected chi connectivity index (χ3v) is 5.64. The molecule has 2 atom stereocenters. The normalized spacial score (nSPS) is 22.3. The fourth-order valence-electron chi connectivity index (χ4n) is 4.08. The first kappa shape index (κ1) is 18.5. The molecule has 146 valence electrons. The van der Waals surface area contributed by atoms with Crippen LogP contribution < -0.4 is 4.90 Å². The minimum absolute atomic E-state index is 0.113. The highest BCUT2D eigenvalue weighted by atomic mass is 16.5. The molecule has 1 amide bonds. The number of carboxylic acids is 1. The highest BCUT2D eigenvalue weighted by Gasteiger charge is 2.40. The molecular weight excluding hydrogens is 356 g/mol. The number of carbonyl (C=O) groups is 2. The average Bonchev–Trinajstić information content (AvgIpc) is 3.20. The number of hydrogen-bond donors (Lipinski definition) is 1. The Bertz CT molecular complexity index is 831. The largest absolute Gasteiger partial charge is 0.481 e. The molecule has 1 N–H and O–H groups in total. The zero-order valence-corrected chi connectivity index (χ0v) is 15.7. The Labute approximate surface area is 164 Å². The maximum absolute atomic E-state index is 13.0. The van der Waals surface area contributed by atoms with Gasteiger partial charge in [-0.1, -0.05) is 30.3 Å². The van der Waals surface area contributed by atoms with Gasteiger partial charge in [0.05, 0.1) is 19.1 Å². The lowest BCUT2D eigenvalue weighted by Crippen LogP contribution is -2.36. The van der Waals surface area contributed by atoms with Crippen LogP contribution in [0.1, 0.15) is 21.8 Å². The fraction of sp³-hybridized carbons (Fsp3) is 0.364. The van der Waals surface area contributed by atoms with Gasteiger partial charge in [-0.3, -0.25) is 9.59 Å². The van der Waals surface area contributed by atoms with E-state index in [-0.39, 0.29) is 18.4 Å². The van der Waals surface area contributed by atoms with Crippen LogP contribution in [0.3, 0.4) is 0 Å². The van der Waals surface area contributed by atoms with Gasteiger partial charge in [-0.15, -0.1) is 0 Å². The van der Waals surface area contributed by atoms with E-state index in [0.29, 0.717) is 25.3 Å². The summed E-state index contributed by atoms with van der Waals surface area (Å²) >= 11 is 0. The van der Waals surface area contributed by atoms with Crippen LogP contribution in [-0.4, -0.2) is 61.3 Å². The number of nitrogens with zero attached hydrogens (tertiary/aromatic N) is 2. The first-order valence-electron chi connectivity index (χ1n) is 9.63. The molecule has 0 aliphatic carbocycles. The van der Waals surface area contributed by atoms with Gasteiger partial charge in [0, 0.05) is 43.3 Å². The van der Waals surface area contributed by atoms with Crippen LogP contribution in [0, 0.1) is 5.92 Å². The quantitative estimate of drug-likeness (QED) is 0.882. The third kappa shape index (κ3) is 3.73. The molecule has 0 saturated carbocycles. The van der Waals surface area contributed by atoms with Crippen molar-refractivity contribution in [1.82, 2.24) is 4.90 Å². The summed E-state index contributed by atoms with van der Waals surface area (Å²) in [7, 11) is 0. The highest BCUT2D eigenvalue weighted by molar-refractivity contribution is 5.95. The van der Waals surface area contributed by atoms with Gasteiger partial charge in [0.25, 0.3) is 5.91 Å². The van der Waals surface area contributed by atoms with Crippen LogP contribution in [0.25, 0.3) is 0 Å². The van der Waals surface area contributed by atoms with Crippen molar-refractivity contribution in [3.63, 3.8) is 0 Å². The fourth-order valence-corrected chi connectivity index (χ4v) is 4.08. The van der Waals surface area contributed by atoms with Crippen molar-refractivity contribution in [3.8, 4) is 0 Å². The van der Waals surface area contributed by atoms with Crippen LogP contribution in [0.15, 0.2) is 54.6 Å². The topological polar surface area (TPSA) is 70.1 Å². The van der Waals surface area contributed by atoms with Crippen molar-refractivity contribution in [1.29, 1.82) is 0 Å². The molecular formula is C22H24N2O4. The summed E-state index contributed by atoms with van der Waals surface area (Å²) in [5.74, 6) is -1.74. The summed E-state index contributed by atoms with van der Waals surface area (Å²) in [5, 5.41) is 9.64. The Balaban J connectivity index is 1.49. The Morgan fingerprint density at radius 2 is 1.61 bits per heavy atom. The Morgan fingerprint density at radius 3 is 2.25 bits per heavy atom. The van der Waals surface area contributed by atoms with E-state index in [0.717, 1.165) is 24.3 Å². The standard InChI is InChI=1S/C22H24N2O4/c25-21(17-6-8-18(9-7-17)23-10-12-28-13-11-23)24-14-19(20(15-24)22(26)27)16-4-2-1-3-5-16/h1-9,19-20H,10-15H2,(H,26,27)/t19-,20+/m0/s1. The molecule has 2 fully saturated rings. The predicted octanol–water partition coefficient (Wildman–Crippen LogP) is 2.46. The Morgan fingerprint density at radius 1 is 0.929 bits per heavy atom. The number of amides is 1. The molecule has 4 rings (SSSR count). The first-order valence-corrected chi connectivity index (χ1v) is 9.63. The van der Waals surface area contributed by atoms with Crippen molar-refractivity contribution in [2.45, 2.75) is 5.92 Å². The Hall–Kier alpha value is -2.86. The number of rotatable bonds is 4. The summed E-state index contributed by atoms with van der Waals surface area (Å²) in [4.78, 5) is 28.6. The van der Waals surface area contributed by atoms with E-state index in [1.807, 2.05) is 54.6 Å². The van der Waals surface area contributed by atoms with Gasteiger partial charge in [0.2, 0.25) is 0 Å². The molecule has 2 saturated heterocycles. The van der Waals surface area contributed by atoms with Crippen molar-refractivity contribution in [3.05, 3.63) is 65.7 Å². The minimum atomic E-state index is -0.855. The molecule has 0 spiro atoms. The molecule has 2 aromatic rings. The van der Waals surface area contributed by atoms with E-state index < -0.39 is 11.9 Å². The van der Waals surface area contributed by atoms with E-state index in [1.54, 1.807) is 4.90 Å². The zero-order valence-electron chi connectivity index (χ0n) is 15.7. The van der Waals surface area contributed by atoms with E-state index in [9.17, 15) is 14.7 Å². The Kier molecular flexibility index (Phi) is 5.30. The smallest absolute Gasteiger partial charge is 0.308 e. The lowest BCUT2D eigenvalue weighted by atomic mass is 9.89. The number of carbonyl (C=O) groups excluding carboxylic acids is 1. The van der Waals surface area contributed by atoms with E-state index >= 15 is 0 Å². The zero-order chi connectivity index (χ0) is 19.5. The number of ether oxygens (including phenoxy) is 1. The van der Waals surface area contributed by atoms with Crippen LogP contribution in [0.5, 0.6) is 0 Å². The maximum Gasteiger partial charge on any atom is 0.308 e. The van der Waals surface area contributed by atoms with Gasteiger partial charge in [-0.25, -0.2) is 0 Å². The number of anilines is 1. The van der Waals surface area contributed by atoms with Gasteiger partial charge in [0.15, 0.2) is 0 Å². The number of aliphatic carboxylic acids is 1. The molecule has 0 bridgehead atoms. The van der Waals surface area contributed by atoms with Crippen LogP contribution in [0.2, 0.25) is 0 Å². The van der Waals surface area contributed by atoms with Crippen molar-refractivity contribution < 1.29 is 19.4 Å². The number of hydrogen-bond acceptors (Lipinski definition) is 4. The van der Waals surface area contributed by atoms with Crippen molar-refractivity contribution in [2.75, 3.05) is 44.3 Å². The molecule has 0 radical (unpaired) electrons. The highest BCUT2D eigenvalue weighted by Crippen LogP contribution is 2.33. The average molecular weight is 380 g/mol. The van der Waals surface area contributed by atoms with Crippen molar-refractivity contribution in [2.24, 2.45) is 5.92 Å². The predicted molar refractivity (Wildman–Crippen MR) is 106 cm³/mol. The van der Waals surface area contributed by atoms with Gasteiger partial charge in [-0.05, 0) is 29.8 Å². The summed E-state index contributed by atoms with van der Waals surface area (Å²) in [6.45, 7) is 3.78. The third-order valence-electron chi connectivity index (χ3n) is 5.64. The summed E-state index contributed by atoms with van der Waals surface area (Å²) in [6, 6.07) is 17.2. The van der Waals surface area contributed by atoms with Gasteiger partial charge in [-0.2, -0.15) is 0 Å². The van der Waals surface area contributed by atoms with E-state index in [4.69, 9.17) is 4.74 Å². The van der Waals surface area contributed by atoms with Gasteiger partial charge >= 0.3 is 5.97 Å². The first-order chi connectivity index (χ1) is 13.6. The van der Waals surface area contributed by atoms with Gasteiger partial charge in [0.1, 0.15) is 0 Å². The monoisotopic (exact) mass is 380 g/mol. The second-order valence-electron chi connectivity index (χ2n) is 7.32. The lowest BCUT2D eigenvalue weighted by molar-refractivity contribution is -0.141. The SMILES string of the molecule is O=C(O)[C@@H]1CN(C(=O)c2ccc(N3CCOCC3)cc2)C[C@H]1c1ccccc1. The molecule has 2 heterocycles. The molecule has 2 aliphatic heterocycles. The number of carboxylic acid groups (broad SMARTS) is 1. The molecule has 6 heteroatoms. The second-order valence-corrected chi connectivity index (χ2v) is 7.32. The summed E-state index contributed by atoms with van der Waals surface area (Å²) in [6.07, 6.45) is 0. The number of benzene rings is 2.